The Kier molecular flexibility index (Phi) is 10.0. The molecule has 0 unspecified atom stereocenters. The quantitative estimate of drug-likeness (QED) is 0.189. The molecule has 2 N–H and O–H groups in total. The van der Waals surface area contributed by atoms with Gasteiger partial charge in [0.05, 0.1) is 28.5 Å². The van der Waals surface area contributed by atoms with E-state index in [9.17, 15) is 22.9 Å². The van der Waals surface area contributed by atoms with Crippen LogP contribution < -0.4 is 44.7 Å². The standard InChI is InChI=1S/C26H21Cl2N3O6S.Na/c1-3-14-8-11-21(38(34,35)36)24(22(14)28)31-30-23-17-7-5-4-6-15(17)12-18(25(23)32)26(33)29-20-13-16(37-2)9-10-19(20)27;/h4-13,32H,3H2,1-2H3,(H,29,33)(H,34,35,36);/q;+1/p-1. The molecule has 39 heavy (non-hydrogen) atoms. The maximum atomic E-state index is 13.5. The first-order valence-corrected chi connectivity index (χ1v) is 13.3. The molecule has 0 bridgehead atoms. The van der Waals surface area contributed by atoms with Crippen LogP contribution in [-0.4, -0.2) is 26.0 Å². The number of nitrogens with zero attached hydrogens (tertiary/aromatic N) is 2. The van der Waals surface area contributed by atoms with Gasteiger partial charge in [-0.3, -0.25) is 9.35 Å². The third kappa shape index (κ3) is 6.55. The van der Waals surface area contributed by atoms with Crippen LogP contribution in [0.15, 0.2) is 75.8 Å². The van der Waals surface area contributed by atoms with Gasteiger partial charge < -0.3 is 15.2 Å². The maximum Gasteiger partial charge on any atom is 1.00 e. The number of methoxy groups -OCH3 is 1. The van der Waals surface area contributed by atoms with E-state index in [-0.39, 0.29) is 62.2 Å². The minimum atomic E-state index is -4.71. The number of anilines is 1. The fourth-order valence-electron chi connectivity index (χ4n) is 3.76. The molecule has 0 aliphatic carbocycles. The molecule has 0 fully saturated rings. The summed E-state index contributed by atoms with van der Waals surface area (Å²) in [7, 11) is -3.25. The summed E-state index contributed by atoms with van der Waals surface area (Å²) < 4.78 is 38.7. The van der Waals surface area contributed by atoms with Gasteiger partial charge in [-0.25, -0.2) is 0 Å². The number of benzene rings is 4. The van der Waals surface area contributed by atoms with Gasteiger partial charge in [-0.15, -0.1) is 5.11 Å². The normalized spacial score (nSPS) is 11.4. The van der Waals surface area contributed by atoms with E-state index in [4.69, 9.17) is 27.9 Å². The number of amides is 1. The van der Waals surface area contributed by atoms with E-state index < -0.39 is 26.7 Å². The number of ether oxygens (including phenoxy) is 1. The van der Waals surface area contributed by atoms with Gasteiger partial charge in [0.15, 0.2) is 0 Å². The maximum absolute atomic E-state index is 13.5. The van der Waals surface area contributed by atoms with Crippen molar-refractivity contribution in [2.45, 2.75) is 18.2 Å². The summed E-state index contributed by atoms with van der Waals surface area (Å²) in [5, 5.41) is 25.1. The largest absolute Gasteiger partial charge is 1.00 e. The van der Waals surface area contributed by atoms with Gasteiger partial charge in [0.1, 0.15) is 16.3 Å². The van der Waals surface area contributed by atoms with Crippen molar-refractivity contribution in [2.75, 3.05) is 12.4 Å². The number of carbonyl (C=O) groups is 1. The van der Waals surface area contributed by atoms with Crippen LogP contribution >= 0.6 is 23.2 Å². The van der Waals surface area contributed by atoms with Crippen LogP contribution in [0.2, 0.25) is 10.0 Å². The SMILES string of the molecule is CCc1ccc(S(=O)(=O)O)c(N=Nc2c([O-])c(C(=O)Nc3cc(OC)ccc3Cl)cc3ccccc23)c1Cl.[Na+]. The molecule has 0 aliphatic rings. The molecule has 196 valence electrons. The van der Waals surface area contributed by atoms with E-state index in [0.717, 1.165) is 6.07 Å². The van der Waals surface area contributed by atoms with E-state index in [1.165, 1.54) is 31.4 Å². The Morgan fingerprint density at radius 2 is 1.74 bits per heavy atom. The predicted octanol–water partition coefficient (Wildman–Crippen LogP) is 3.71. The van der Waals surface area contributed by atoms with Crippen molar-refractivity contribution in [2.24, 2.45) is 10.2 Å². The number of hydrogen-bond donors (Lipinski definition) is 2. The summed E-state index contributed by atoms with van der Waals surface area (Å²) in [6, 6.07) is 15.4. The van der Waals surface area contributed by atoms with Crippen molar-refractivity contribution < 1.29 is 57.2 Å². The Morgan fingerprint density at radius 1 is 1.05 bits per heavy atom. The second kappa shape index (κ2) is 12.6. The Labute approximate surface area is 256 Å². The van der Waals surface area contributed by atoms with Crippen LogP contribution in [0.5, 0.6) is 11.5 Å². The van der Waals surface area contributed by atoms with Crippen LogP contribution in [0, 0.1) is 0 Å². The fraction of sp³-hybridized carbons (Fsp3) is 0.115. The molecule has 9 nitrogen and oxygen atoms in total. The van der Waals surface area contributed by atoms with Crippen LogP contribution in [0.4, 0.5) is 17.1 Å². The molecular weight excluding hydrogens is 576 g/mol. The number of fused-ring (bicyclic) bond motifs is 1. The first kappa shape index (κ1) is 30.8. The number of hydrogen-bond acceptors (Lipinski definition) is 7. The average Bonchev–Trinajstić information content (AvgIpc) is 2.89. The molecule has 4 aromatic carbocycles. The van der Waals surface area contributed by atoms with E-state index >= 15 is 0 Å². The Hall–Kier alpha value is -2.70. The minimum Gasteiger partial charge on any atom is -0.870 e. The zero-order valence-corrected chi connectivity index (χ0v) is 25.4. The average molecular weight is 596 g/mol. The van der Waals surface area contributed by atoms with E-state index in [1.54, 1.807) is 37.3 Å². The topological polar surface area (TPSA) is 140 Å². The number of azo groups is 1. The summed E-state index contributed by atoms with van der Waals surface area (Å²) in [6.07, 6.45) is 0.450. The Bertz CT molecular complexity index is 1710. The van der Waals surface area contributed by atoms with Crippen LogP contribution in [0.3, 0.4) is 0 Å². The third-order valence-corrected chi connectivity index (χ3v) is 7.35. The first-order chi connectivity index (χ1) is 18.0. The zero-order chi connectivity index (χ0) is 27.6. The summed E-state index contributed by atoms with van der Waals surface area (Å²) in [5.74, 6) is -1.07. The summed E-state index contributed by atoms with van der Waals surface area (Å²) in [6.45, 7) is 1.80. The van der Waals surface area contributed by atoms with Crippen LogP contribution in [-0.2, 0) is 16.5 Å². The second-order valence-electron chi connectivity index (χ2n) is 8.04. The molecule has 13 heteroatoms. The van der Waals surface area contributed by atoms with Gasteiger partial charge in [-0.1, -0.05) is 66.2 Å². The van der Waals surface area contributed by atoms with Crippen molar-refractivity contribution in [3.05, 3.63) is 81.8 Å². The third-order valence-electron chi connectivity index (χ3n) is 5.71. The molecule has 4 aromatic rings. The smallest absolute Gasteiger partial charge is 0.870 e. The molecule has 1 amide bonds. The predicted molar refractivity (Wildman–Crippen MR) is 144 cm³/mol. The van der Waals surface area contributed by atoms with Gasteiger partial charge in [0, 0.05) is 17.0 Å². The molecule has 0 spiro atoms. The fourth-order valence-corrected chi connectivity index (χ4v) is 4.94. The molecule has 4 rings (SSSR count). The number of carbonyl (C=O) groups excluding carboxylic acids is 1. The molecular formula is C26H20Cl2N3NaO6S. The number of halogens is 2. The summed E-state index contributed by atoms with van der Waals surface area (Å²) in [5.41, 5.74) is -0.00423. The number of aryl methyl sites for hydroxylation is 1. The van der Waals surface area contributed by atoms with Crippen molar-refractivity contribution >= 4 is 67.1 Å². The van der Waals surface area contributed by atoms with Crippen molar-refractivity contribution in [3.63, 3.8) is 0 Å². The Morgan fingerprint density at radius 3 is 2.41 bits per heavy atom. The number of nitrogens with one attached hydrogen (secondary N) is 1. The number of rotatable bonds is 7. The summed E-state index contributed by atoms with van der Waals surface area (Å²) in [4.78, 5) is 12.6. The molecule has 0 heterocycles. The minimum absolute atomic E-state index is 0. The van der Waals surface area contributed by atoms with Gasteiger partial charge in [-0.2, -0.15) is 13.5 Å². The molecule has 0 saturated carbocycles. The van der Waals surface area contributed by atoms with Gasteiger partial charge >= 0.3 is 29.6 Å². The molecule has 0 aromatic heterocycles. The second-order valence-corrected chi connectivity index (χ2v) is 10.2. The summed E-state index contributed by atoms with van der Waals surface area (Å²) >= 11 is 12.6. The van der Waals surface area contributed by atoms with Crippen molar-refractivity contribution in [3.8, 4) is 11.5 Å². The molecule has 0 aliphatic heterocycles. The van der Waals surface area contributed by atoms with Gasteiger partial charge in [0.2, 0.25) is 0 Å². The van der Waals surface area contributed by atoms with Crippen LogP contribution in [0.25, 0.3) is 10.8 Å². The molecule has 0 atom stereocenters. The van der Waals surface area contributed by atoms with E-state index in [0.29, 0.717) is 28.5 Å². The van der Waals surface area contributed by atoms with E-state index in [1.807, 2.05) is 0 Å². The van der Waals surface area contributed by atoms with Gasteiger partial charge in [-0.05, 0) is 41.6 Å². The van der Waals surface area contributed by atoms with Crippen molar-refractivity contribution in [1.29, 1.82) is 0 Å². The first-order valence-electron chi connectivity index (χ1n) is 11.1. The monoisotopic (exact) mass is 595 g/mol. The zero-order valence-electron chi connectivity index (χ0n) is 21.0. The molecule has 0 saturated heterocycles. The van der Waals surface area contributed by atoms with E-state index in [2.05, 4.69) is 15.5 Å². The van der Waals surface area contributed by atoms with Crippen molar-refractivity contribution in [1.82, 2.24) is 0 Å². The Balaban J connectivity index is 0.00000420. The van der Waals surface area contributed by atoms with Crippen LogP contribution in [0.1, 0.15) is 22.8 Å². The van der Waals surface area contributed by atoms with Gasteiger partial charge in [0.25, 0.3) is 16.0 Å². The molecule has 0 radical (unpaired) electrons.